The molecule has 174 valence electrons. The molecule has 2 aromatic carbocycles. The number of ether oxygens (including phenoxy) is 2. The first-order chi connectivity index (χ1) is 15.9. The van der Waals surface area contributed by atoms with Gasteiger partial charge in [-0.3, -0.25) is 24.5 Å². The number of amides is 2. The van der Waals surface area contributed by atoms with E-state index in [0.29, 0.717) is 6.42 Å². The highest BCUT2D eigenvalue weighted by atomic mass is 16.6. The van der Waals surface area contributed by atoms with Crippen LogP contribution in [0, 0.1) is 10.1 Å². The molecule has 2 amide bonds. The molecule has 1 aliphatic rings. The van der Waals surface area contributed by atoms with Crippen LogP contribution in [0.25, 0.3) is 0 Å². The lowest BCUT2D eigenvalue weighted by Gasteiger charge is -2.35. The summed E-state index contributed by atoms with van der Waals surface area (Å²) in [5.74, 6) is -1.67. The molecule has 1 aliphatic heterocycles. The molecule has 33 heavy (non-hydrogen) atoms. The summed E-state index contributed by atoms with van der Waals surface area (Å²) in [6, 6.07) is 14.2. The van der Waals surface area contributed by atoms with Crippen LogP contribution in [0.5, 0.6) is 5.75 Å². The second kappa shape index (κ2) is 11.1. The van der Waals surface area contributed by atoms with E-state index in [2.05, 4.69) is 5.32 Å². The fourth-order valence-corrected chi connectivity index (χ4v) is 3.51. The number of piperazine rings is 1. The predicted molar refractivity (Wildman–Crippen MR) is 117 cm³/mol. The summed E-state index contributed by atoms with van der Waals surface area (Å²) in [6.45, 7) is 2.00. The van der Waals surface area contributed by atoms with Gasteiger partial charge in [-0.05, 0) is 18.6 Å². The van der Waals surface area contributed by atoms with Crippen molar-refractivity contribution in [3.8, 4) is 5.75 Å². The Morgan fingerprint density at radius 2 is 1.88 bits per heavy atom. The largest absolute Gasteiger partial charge is 0.474 e. The standard InChI is InChI=1S/C23H25N3O7/c1-16(33-20-10-6-5-9-18(20)26(30)31)23(29)25-13-12-24-22(28)19(25)15-21(27)32-14-11-17-7-3-2-4-8-17/h2-10,16,19H,11-15H2,1H3,(H,24,28). The number of para-hydroxylation sites is 2. The molecule has 0 radical (unpaired) electrons. The zero-order valence-electron chi connectivity index (χ0n) is 18.1. The van der Waals surface area contributed by atoms with E-state index in [0.717, 1.165) is 5.56 Å². The maximum absolute atomic E-state index is 13.0. The van der Waals surface area contributed by atoms with E-state index in [-0.39, 0.29) is 37.6 Å². The number of nitro groups is 1. The molecular formula is C23H25N3O7. The van der Waals surface area contributed by atoms with Crippen molar-refractivity contribution in [3.05, 3.63) is 70.3 Å². The Labute approximate surface area is 190 Å². The Bertz CT molecular complexity index is 1010. The average Bonchev–Trinajstić information content (AvgIpc) is 2.81. The Hall–Kier alpha value is -3.95. The summed E-state index contributed by atoms with van der Waals surface area (Å²) in [5.41, 5.74) is 0.741. The first-order valence-electron chi connectivity index (χ1n) is 10.5. The summed E-state index contributed by atoms with van der Waals surface area (Å²) in [4.78, 5) is 49.6. The molecule has 0 aliphatic carbocycles. The van der Waals surface area contributed by atoms with Crippen molar-refractivity contribution < 1.29 is 28.8 Å². The topological polar surface area (TPSA) is 128 Å². The molecule has 3 rings (SSSR count). The molecule has 2 aromatic rings. The lowest BCUT2D eigenvalue weighted by atomic mass is 10.1. The summed E-state index contributed by atoms with van der Waals surface area (Å²) in [5, 5.41) is 13.8. The van der Waals surface area contributed by atoms with Gasteiger partial charge >= 0.3 is 11.7 Å². The number of carbonyl (C=O) groups is 3. The number of esters is 1. The number of benzene rings is 2. The molecule has 10 nitrogen and oxygen atoms in total. The van der Waals surface area contributed by atoms with E-state index >= 15 is 0 Å². The predicted octanol–water partition coefficient (Wildman–Crippen LogP) is 1.87. The molecule has 2 atom stereocenters. The Kier molecular flexibility index (Phi) is 7.96. The minimum absolute atomic E-state index is 0.0540. The number of rotatable bonds is 9. The quantitative estimate of drug-likeness (QED) is 0.347. The van der Waals surface area contributed by atoms with E-state index in [9.17, 15) is 24.5 Å². The van der Waals surface area contributed by atoms with Crippen molar-refractivity contribution in [2.24, 2.45) is 0 Å². The summed E-state index contributed by atoms with van der Waals surface area (Å²) in [7, 11) is 0. The molecule has 1 saturated heterocycles. The van der Waals surface area contributed by atoms with Gasteiger partial charge in [0.2, 0.25) is 5.91 Å². The van der Waals surface area contributed by atoms with E-state index < -0.39 is 34.9 Å². The number of hydrogen-bond donors (Lipinski definition) is 1. The van der Waals surface area contributed by atoms with Gasteiger partial charge in [0, 0.05) is 25.6 Å². The Morgan fingerprint density at radius 3 is 2.61 bits per heavy atom. The number of nitrogens with zero attached hydrogens (tertiary/aromatic N) is 2. The zero-order valence-corrected chi connectivity index (χ0v) is 18.1. The van der Waals surface area contributed by atoms with Gasteiger partial charge in [0.1, 0.15) is 6.04 Å². The van der Waals surface area contributed by atoms with E-state index in [1.165, 1.54) is 30.0 Å². The lowest BCUT2D eigenvalue weighted by Crippen LogP contribution is -2.60. The van der Waals surface area contributed by atoms with Gasteiger partial charge in [0.25, 0.3) is 5.91 Å². The number of hydrogen-bond acceptors (Lipinski definition) is 7. The highest BCUT2D eigenvalue weighted by molar-refractivity contribution is 5.93. The smallest absolute Gasteiger partial charge is 0.310 e. The highest BCUT2D eigenvalue weighted by Gasteiger charge is 2.37. The molecular weight excluding hydrogens is 430 g/mol. The highest BCUT2D eigenvalue weighted by Crippen LogP contribution is 2.27. The molecule has 0 bridgehead atoms. The third-order valence-electron chi connectivity index (χ3n) is 5.18. The minimum atomic E-state index is -1.10. The summed E-state index contributed by atoms with van der Waals surface area (Å²) < 4.78 is 10.8. The van der Waals surface area contributed by atoms with Crippen LogP contribution in [0.2, 0.25) is 0 Å². The molecule has 1 fully saturated rings. The molecule has 0 aromatic heterocycles. The second-order valence-corrected chi connectivity index (χ2v) is 7.48. The molecule has 0 saturated carbocycles. The van der Waals surface area contributed by atoms with Gasteiger partial charge in [-0.25, -0.2) is 0 Å². The minimum Gasteiger partial charge on any atom is -0.474 e. The van der Waals surface area contributed by atoms with Crippen LogP contribution >= 0.6 is 0 Å². The van der Waals surface area contributed by atoms with Crippen LogP contribution in [0.1, 0.15) is 18.9 Å². The first kappa shape index (κ1) is 23.7. The summed E-state index contributed by atoms with van der Waals surface area (Å²) in [6.07, 6.45) is -0.870. The van der Waals surface area contributed by atoms with Gasteiger partial charge in [-0.2, -0.15) is 0 Å². The van der Waals surface area contributed by atoms with Gasteiger partial charge in [0.05, 0.1) is 18.0 Å². The third-order valence-corrected chi connectivity index (χ3v) is 5.18. The van der Waals surface area contributed by atoms with Crippen molar-refractivity contribution >= 4 is 23.5 Å². The summed E-state index contributed by atoms with van der Waals surface area (Å²) >= 11 is 0. The van der Waals surface area contributed by atoms with E-state index in [1.54, 1.807) is 6.07 Å². The van der Waals surface area contributed by atoms with Gasteiger partial charge in [-0.1, -0.05) is 42.5 Å². The monoisotopic (exact) mass is 455 g/mol. The van der Waals surface area contributed by atoms with Crippen LogP contribution < -0.4 is 10.1 Å². The molecule has 2 unspecified atom stereocenters. The maximum Gasteiger partial charge on any atom is 0.310 e. The van der Waals surface area contributed by atoms with Crippen molar-refractivity contribution in [1.29, 1.82) is 0 Å². The number of carbonyl (C=O) groups excluding carboxylic acids is 3. The van der Waals surface area contributed by atoms with E-state index in [4.69, 9.17) is 9.47 Å². The van der Waals surface area contributed by atoms with Crippen molar-refractivity contribution in [1.82, 2.24) is 10.2 Å². The Morgan fingerprint density at radius 1 is 1.18 bits per heavy atom. The van der Waals surface area contributed by atoms with Gasteiger partial charge < -0.3 is 19.7 Å². The Balaban J connectivity index is 1.61. The fraction of sp³-hybridized carbons (Fsp3) is 0.348. The third kappa shape index (κ3) is 6.28. The molecule has 1 heterocycles. The second-order valence-electron chi connectivity index (χ2n) is 7.48. The normalized spacial score (nSPS) is 16.5. The van der Waals surface area contributed by atoms with Crippen LogP contribution in [0.15, 0.2) is 54.6 Å². The zero-order chi connectivity index (χ0) is 23.8. The van der Waals surface area contributed by atoms with Crippen LogP contribution in [0.4, 0.5) is 5.69 Å². The van der Waals surface area contributed by atoms with Gasteiger partial charge in [0.15, 0.2) is 11.9 Å². The van der Waals surface area contributed by atoms with Gasteiger partial charge in [-0.15, -0.1) is 0 Å². The van der Waals surface area contributed by atoms with Crippen molar-refractivity contribution in [3.63, 3.8) is 0 Å². The van der Waals surface area contributed by atoms with Crippen LogP contribution in [-0.2, 0) is 25.5 Å². The SMILES string of the molecule is CC(Oc1ccccc1[N+](=O)[O-])C(=O)N1CCNC(=O)C1CC(=O)OCCc1ccccc1. The molecule has 0 spiro atoms. The van der Waals surface area contributed by atoms with Crippen LogP contribution in [0.3, 0.4) is 0 Å². The lowest BCUT2D eigenvalue weighted by molar-refractivity contribution is -0.386. The first-order valence-corrected chi connectivity index (χ1v) is 10.5. The number of nitro benzene ring substituents is 1. The van der Waals surface area contributed by atoms with E-state index in [1.807, 2.05) is 30.3 Å². The molecule has 1 N–H and O–H groups in total. The van der Waals surface area contributed by atoms with Crippen molar-refractivity contribution in [2.75, 3.05) is 19.7 Å². The number of nitrogens with one attached hydrogen (secondary N) is 1. The maximum atomic E-state index is 13.0. The molecule has 10 heteroatoms. The fourth-order valence-electron chi connectivity index (χ4n) is 3.51. The van der Waals surface area contributed by atoms with Crippen LogP contribution in [-0.4, -0.2) is 59.4 Å². The van der Waals surface area contributed by atoms with Crippen molar-refractivity contribution in [2.45, 2.75) is 31.9 Å². The average molecular weight is 455 g/mol.